The lowest BCUT2D eigenvalue weighted by Crippen LogP contribution is -2.31. The van der Waals surface area contributed by atoms with E-state index in [1.54, 1.807) is 18.2 Å². The third-order valence-electron chi connectivity index (χ3n) is 5.45. The molecule has 0 bridgehead atoms. The second-order valence-corrected chi connectivity index (χ2v) is 7.77. The topological polar surface area (TPSA) is 75.8 Å². The zero-order valence-corrected chi connectivity index (χ0v) is 17.4. The quantitative estimate of drug-likeness (QED) is 0.570. The second-order valence-electron chi connectivity index (χ2n) is 7.77. The highest BCUT2D eigenvalue weighted by Gasteiger charge is 2.23. The maximum Gasteiger partial charge on any atom is 0.303 e. The van der Waals surface area contributed by atoms with Crippen molar-refractivity contribution in [2.24, 2.45) is 0 Å². The number of aromatic nitrogens is 1. The molecule has 0 saturated heterocycles. The summed E-state index contributed by atoms with van der Waals surface area (Å²) in [6.07, 6.45) is 1.57. The van der Waals surface area contributed by atoms with E-state index < -0.39 is 5.97 Å². The number of fused-ring (bicyclic) bond motifs is 1. The third kappa shape index (κ3) is 5.11. The number of rotatable bonds is 8. The van der Waals surface area contributed by atoms with Gasteiger partial charge in [-0.15, -0.1) is 0 Å². The maximum atomic E-state index is 13.8. The molecule has 1 aliphatic rings. The fourth-order valence-electron chi connectivity index (χ4n) is 3.76. The zero-order chi connectivity index (χ0) is 21.8. The summed E-state index contributed by atoms with van der Waals surface area (Å²) in [5.41, 5.74) is 3.28. The van der Waals surface area contributed by atoms with E-state index in [0.29, 0.717) is 30.2 Å². The van der Waals surface area contributed by atoms with Gasteiger partial charge in [-0.25, -0.2) is 9.37 Å². The summed E-state index contributed by atoms with van der Waals surface area (Å²) in [6, 6.07) is 12.2. The fourth-order valence-corrected chi connectivity index (χ4v) is 3.76. The van der Waals surface area contributed by atoms with E-state index in [-0.39, 0.29) is 18.8 Å². The number of carbonyl (C=O) groups is 1. The Balaban J connectivity index is 1.42. The standard InChI is InChI=1S/C24H25FN2O4/c1-16-13-18(30-15-17-5-2-3-6-20(17)25)8-9-19(16)24-26-21-14-27(11-4-7-23(28)29)12-10-22(21)31-24/h2-3,5-6,8-9,13H,4,7,10-12,14-15H2,1H3,(H,28,29). The number of benzene rings is 2. The van der Waals surface area contributed by atoms with E-state index in [0.717, 1.165) is 42.1 Å². The van der Waals surface area contributed by atoms with Gasteiger partial charge in [0.05, 0.1) is 5.69 Å². The van der Waals surface area contributed by atoms with Gasteiger partial charge in [0, 0.05) is 37.1 Å². The lowest BCUT2D eigenvalue weighted by molar-refractivity contribution is -0.137. The van der Waals surface area contributed by atoms with Gasteiger partial charge < -0.3 is 14.3 Å². The van der Waals surface area contributed by atoms with Crippen molar-refractivity contribution in [1.82, 2.24) is 9.88 Å². The fraction of sp³-hybridized carbons (Fsp3) is 0.333. The highest BCUT2D eigenvalue weighted by Crippen LogP contribution is 2.30. The molecule has 6 nitrogen and oxygen atoms in total. The summed E-state index contributed by atoms with van der Waals surface area (Å²) in [5, 5.41) is 8.81. The van der Waals surface area contributed by atoms with Gasteiger partial charge in [-0.2, -0.15) is 0 Å². The predicted molar refractivity (Wildman–Crippen MR) is 113 cm³/mol. The lowest BCUT2D eigenvalue weighted by Gasteiger charge is -2.24. The molecule has 162 valence electrons. The number of ether oxygens (including phenoxy) is 1. The Morgan fingerprint density at radius 1 is 1.29 bits per heavy atom. The van der Waals surface area contributed by atoms with Crippen LogP contribution in [0.5, 0.6) is 5.75 Å². The summed E-state index contributed by atoms with van der Waals surface area (Å²) < 4.78 is 25.6. The van der Waals surface area contributed by atoms with E-state index >= 15 is 0 Å². The monoisotopic (exact) mass is 424 g/mol. The molecule has 3 aromatic rings. The Bertz CT molecular complexity index is 1080. The summed E-state index contributed by atoms with van der Waals surface area (Å²) in [7, 11) is 0. The van der Waals surface area contributed by atoms with Gasteiger partial charge in [-0.3, -0.25) is 9.69 Å². The molecule has 0 amide bonds. The van der Waals surface area contributed by atoms with Crippen LogP contribution in [0.25, 0.3) is 11.5 Å². The molecule has 1 N–H and O–H groups in total. The lowest BCUT2D eigenvalue weighted by atomic mass is 10.1. The minimum absolute atomic E-state index is 0.163. The minimum atomic E-state index is -0.766. The van der Waals surface area contributed by atoms with Crippen LogP contribution in [0.2, 0.25) is 0 Å². The van der Waals surface area contributed by atoms with Gasteiger partial charge in [-0.05, 0) is 49.7 Å². The van der Waals surface area contributed by atoms with Crippen LogP contribution in [-0.2, 0) is 24.4 Å². The number of halogens is 1. The first kappa shape index (κ1) is 21.1. The summed E-state index contributed by atoms with van der Waals surface area (Å²) in [5.74, 6) is 1.08. The van der Waals surface area contributed by atoms with Crippen LogP contribution in [0.1, 0.15) is 35.4 Å². The largest absolute Gasteiger partial charge is 0.489 e. The molecule has 2 heterocycles. The van der Waals surface area contributed by atoms with Crippen LogP contribution in [0.4, 0.5) is 4.39 Å². The van der Waals surface area contributed by atoms with Gasteiger partial charge in [0.2, 0.25) is 5.89 Å². The number of oxazole rings is 1. The number of aryl methyl sites for hydroxylation is 1. The van der Waals surface area contributed by atoms with Crippen LogP contribution in [0, 0.1) is 12.7 Å². The minimum Gasteiger partial charge on any atom is -0.489 e. The van der Waals surface area contributed by atoms with Crippen LogP contribution in [-0.4, -0.2) is 34.0 Å². The molecule has 0 unspecified atom stereocenters. The predicted octanol–water partition coefficient (Wildman–Crippen LogP) is 4.59. The Morgan fingerprint density at radius 2 is 2.13 bits per heavy atom. The van der Waals surface area contributed by atoms with E-state index in [4.69, 9.17) is 19.2 Å². The van der Waals surface area contributed by atoms with Crippen molar-refractivity contribution in [3.8, 4) is 17.2 Å². The number of hydrogen-bond donors (Lipinski definition) is 1. The number of hydrogen-bond acceptors (Lipinski definition) is 5. The molecule has 4 rings (SSSR count). The van der Waals surface area contributed by atoms with Crippen molar-refractivity contribution in [2.45, 2.75) is 39.3 Å². The van der Waals surface area contributed by atoms with E-state index in [9.17, 15) is 9.18 Å². The third-order valence-corrected chi connectivity index (χ3v) is 5.45. The first-order chi connectivity index (χ1) is 15.0. The van der Waals surface area contributed by atoms with Crippen molar-refractivity contribution >= 4 is 5.97 Å². The van der Waals surface area contributed by atoms with E-state index in [1.165, 1.54) is 6.07 Å². The molecule has 0 fully saturated rings. The Hall–Kier alpha value is -3.19. The van der Waals surface area contributed by atoms with Gasteiger partial charge in [0.15, 0.2) is 0 Å². The molecule has 0 atom stereocenters. The average Bonchev–Trinajstić information content (AvgIpc) is 3.16. The van der Waals surface area contributed by atoms with E-state index in [1.807, 2.05) is 25.1 Å². The number of carboxylic acid groups (broad SMARTS) is 1. The Morgan fingerprint density at radius 3 is 2.90 bits per heavy atom. The van der Waals surface area contributed by atoms with Crippen molar-refractivity contribution in [1.29, 1.82) is 0 Å². The molecule has 0 radical (unpaired) electrons. The van der Waals surface area contributed by atoms with Crippen LogP contribution < -0.4 is 4.74 Å². The number of aliphatic carboxylic acids is 1. The summed E-state index contributed by atoms with van der Waals surface area (Å²) in [6.45, 7) is 4.37. The highest BCUT2D eigenvalue weighted by molar-refractivity contribution is 5.66. The normalized spacial score (nSPS) is 13.7. The number of carboxylic acids is 1. The molecular weight excluding hydrogens is 399 g/mol. The van der Waals surface area contributed by atoms with Crippen LogP contribution in [0.15, 0.2) is 46.9 Å². The highest BCUT2D eigenvalue weighted by atomic mass is 19.1. The van der Waals surface area contributed by atoms with Crippen molar-refractivity contribution in [3.63, 3.8) is 0 Å². The van der Waals surface area contributed by atoms with Gasteiger partial charge in [0.1, 0.15) is 23.9 Å². The first-order valence-corrected chi connectivity index (χ1v) is 10.4. The molecular formula is C24H25FN2O4. The Labute approximate surface area is 180 Å². The molecule has 1 aliphatic heterocycles. The van der Waals surface area contributed by atoms with Crippen LogP contribution in [0.3, 0.4) is 0 Å². The maximum absolute atomic E-state index is 13.8. The first-order valence-electron chi connectivity index (χ1n) is 10.4. The molecule has 0 saturated carbocycles. The molecule has 0 spiro atoms. The summed E-state index contributed by atoms with van der Waals surface area (Å²) >= 11 is 0. The van der Waals surface area contributed by atoms with E-state index in [2.05, 4.69) is 4.90 Å². The zero-order valence-electron chi connectivity index (χ0n) is 17.4. The molecule has 2 aromatic carbocycles. The summed E-state index contributed by atoms with van der Waals surface area (Å²) in [4.78, 5) is 17.6. The Kier molecular flexibility index (Phi) is 6.32. The van der Waals surface area contributed by atoms with Crippen molar-refractivity contribution in [2.75, 3.05) is 13.1 Å². The molecule has 0 aliphatic carbocycles. The van der Waals surface area contributed by atoms with Gasteiger partial charge in [-0.1, -0.05) is 18.2 Å². The second kappa shape index (κ2) is 9.31. The smallest absolute Gasteiger partial charge is 0.303 e. The average molecular weight is 424 g/mol. The molecule has 7 heteroatoms. The van der Waals surface area contributed by atoms with Gasteiger partial charge >= 0.3 is 5.97 Å². The van der Waals surface area contributed by atoms with Crippen molar-refractivity contribution in [3.05, 3.63) is 70.9 Å². The van der Waals surface area contributed by atoms with Crippen LogP contribution >= 0.6 is 0 Å². The molecule has 31 heavy (non-hydrogen) atoms. The molecule has 1 aromatic heterocycles. The SMILES string of the molecule is Cc1cc(OCc2ccccc2F)ccc1-c1nc2c(o1)CCN(CCCC(=O)O)C2. The number of nitrogens with zero attached hydrogens (tertiary/aromatic N) is 2. The van der Waals surface area contributed by atoms with Gasteiger partial charge in [0.25, 0.3) is 0 Å². The van der Waals surface area contributed by atoms with Crippen molar-refractivity contribution < 1.29 is 23.4 Å².